The van der Waals surface area contributed by atoms with Crippen LogP contribution in [0.15, 0.2) is 54.6 Å². The summed E-state index contributed by atoms with van der Waals surface area (Å²) in [4.78, 5) is 1.99. The molecule has 1 atom stereocenters. The van der Waals surface area contributed by atoms with Crippen LogP contribution in [0.5, 0.6) is 17.2 Å². The van der Waals surface area contributed by atoms with E-state index >= 15 is 0 Å². The molecule has 4 nitrogen and oxygen atoms in total. The molecule has 0 aromatic heterocycles. The highest BCUT2D eigenvalue weighted by Crippen LogP contribution is 2.19. The third-order valence-electron chi connectivity index (χ3n) is 2.63. The second-order valence-corrected chi connectivity index (χ2v) is 4.73. The predicted molar refractivity (Wildman–Crippen MR) is 78.1 cm³/mol. The van der Waals surface area contributed by atoms with Gasteiger partial charge < -0.3 is 19.5 Å². The zero-order valence-corrected chi connectivity index (χ0v) is 11.7. The normalized spacial score (nSPS) is 12.2. The molecule has 1 unspecified atom stereocenters. The molecule has 0 amide bonds. The molecule has 0 saturated heterocycles. The van der Waals surface area contributed by atoms with Gasteiger partial charge in [0, 0.05) is 0 Å². The fourth-order valence-corrected chi connectivity index (χ4v) is 1.72. The molecule has 20 heavy (non-hydrogen) atoms. The Labute approximate surface area is 119 Å². The maximum Gasteiger partial charge on any atom is 0.253 e. The van der Waals surface area contributed by atoms with E-state index in [1.807, 2.05) is 49.3 Å². The molecule has 2 aromatic carbocycles. The van der Waals surface area contributed by atoms with Gasteiger partial charge in [-0.15, -0.1) is 0 Å². The molecule has 0 aliphatic heterocycles. The number of rotatable bonds is 6. The summed E-state index contributed by atoms with van der Waals surface area (Å²) in [6.07, 6.45) is -0.419. The van der Waals surface area contributed by atoms with Gasteiger partial charge in [0.1, 0.15) is 17.2 Å². The van der Waals surface area contributed by atoms with Gasteiger partial charge in [0.2, 0.25) is 0 Å². The fraction of sp³-hybridized carbons (Fsp3) is 0.250. The number of likely N-dealkylation sites (N-methyl/N-ethyl adjacent to an activating group) is 1. The van der Waals surface area contributed by atoms with Crippen molar-refractivity contribution < 1.29 is 14.6 Å². The van der Waals surface area contributed by atoms with Crippen LogP contribution in [-0.2, 0) is 0 Å². The van der Waals surface area contributed by atoms with Crippen LogP contribution < -0.4 is 9.47 Å². The SMILES string of the molecule is CN(C)CC(Oc1ccccc1)Oc1ccc(O)cc1. The number of phenols is 1. The molecule has 0 aliphatic rings. The number of aromatic hydroxyl groups is 1. The maximum absolute atomic E-state index is 9.28. The van der Waals surface area contributed by atoms with Crippen molar-refractivity contribution in [1.82, 2.24) is 4.90 Å². The van der Waals surface area contributed by atoms with Crippen LogP contribution in [0.3, 0.4) is 0 Å². The summed E-state index contributed by atoms with van der Waals surface area (Å²) in [7, 11) is 3.92. The van der Waals surface area contributed by atoms with Gasteiger partial charge in [0.15, 0.2) is 0 Å². The average Bonchev–Trinajstić information content (AvgIpc) is 2.42. The standard InChI is InChI=1S/C16H19NO3/c1-17(2)12-16(19-14-6-4-3-5-7-14)20-15-10-8-13(18)9-11-15/h3-11,16,18H,12H2,1-2H3. The largest absolute Gasteiger partial charge is 0.508 e. The van der Waals surface area contributed by atoms with Crippen molar-refractivity contribution in [2.75, 3.05) is 20.6 Å². The number of hydrogen-bond donors (Lipinski definition) is 1. The summed E-state index contributed by atoms with van der Waals surface area (Å²) in [5.41, 5.74) is 0. The maximum atomic E-state index is 9.28. The number of ether oxygens (including phenoxy) is 2. The van der Waals surface area contributed by atoms with Gasteiger partial charge in [-0.25, -0.2) is 0 Å². The summed E-state index contributed by atoms with van der Waals surface area (Å²) < 4.78 is 11.6. The molecule has 0 saturated carbocycles. The fourth-order valence-electron chi connectivity index (χ4n) is 1.72. The highest BCUT2D eigenvalue weighted by atomic mass is 16.7. The van der Waals surface area contributed by atoms with Gasteiger partial charge in [0.05, 0.1) is 6.54 Å². The molecule has 4 heteroatoms. The van der Waals surface area contributed by atoms with Gasteiger partial charge in [0.25, 0.3) is 6.29 Å². The Bertz CT molecular complexity index is 511. The first-order chi connectivity index (χ1) is 9.63. The third-order valence-corrected chi connectivity index (χ3v) is 2.63. The van der Waals surface area contributed by atoms with Crippen molar-refractivity contribution in [3.63, 3.8) is 0 Å². The van der Waals surface area contributed by atoms with E-state index in [0.717, 1.165) is 5.75 Å². The second-order valence-electron chi connectivity index (χ2n) is 4.73. The van der Waals surface area contributed by atoms with Crippen LogP contribution in [0, 0.1) is 0 Å². The number of para-hydroxylation sites is 1. The summed E-state index contributed by atoms with van der Waals surface area (Å²) in [6.45, 7) is 0.621. The minimum atomic E-state index is -0.419. The molecule has 0 spiro atoms. The van der Waals surface area contributed by atoms with E-state index in [9.17, 15) is 5.11 Å². The van der Waals surface area contributed by atoms with E-state index in [0.29, 0.717) is 12.3 Å². The lowest BCUT2D eigenvalue weighted by Crippen LogP contribution is -2.35. The summed E-state index contributed by atoms with van der Waals surface area (Å²) in [5.74, 6) is 1.63. The molecule has 2 aromatic rings. The molecule has 2 rings (SSSR count). The second kappa shape index (κ2) is 6.82. The minimum Gasteiger partial charge on any atom is -0.508 e. The van der Waals surface area contributed by atoms with Crippen molar-refractivity contribution >= 4 is 0 Å². The van der Waals surface area contributed by atoms with E-state index in [2.05, 4.69) is 0 Å². The summed E-state index contributed by atoms with van der Waals surface area (Å²) in [6, 6.07) is 16.2. The number of nitrogens with zero attached hydrogens (tertiary/aromatic N) is 1. The first-order valence-corrected chi connectivity index (χ1v) is 6.45. The summed E-state index contributed by atoms with van der Waals surface area (Å²) >= 11 is 0. The highest BCUT2D eigenvalue weighted by Gasteiger charge is 2.13. The van der Waals surface area contributed by atoms with E-state index in [1.54, 1.807) is 24.3 Å². The lowest BCUT2D eigenvalue weighted by Gasteiger charge is -2.23. The van der Waals surface area contributed by atoms with Crippen LogP contribution >= 0.6 is 0 Å². The highest BCUT2D eigenvalue weighted by molar-refractivity contribution is 5.30. The van der Waals surface area contributed by atoms with Crippen LogP contribution in [0.1, 0.15) is 0 Å². The van der Waals surface area contributed by atoms with Gasteiger partial charge in [-0.1, -0.05) is 18.2 Å². The Balaban J connectivity index is 2.05. The molecular formula is C16H19NO3. The molecule has 0 heterocycles. The zero-order chi connectivity index (χ0) is 14.4. The van der Waals surface area contributed by atoms with Crippen molar-refractivity contribution in [3.8, 4) is 17.2 Å². The lowest BCUT2D eigenvalue weighted by molar-refractivity contribution is -0.0116. The Morgan fingerprint density at radius 3 is 2.00 bits per heavy atom. The predicted octanol–water partition coefficient (Wildman–Crippen LogP) is 2.74. The van der Waals surface area contributed by atoms with Crippen LogP contribution in [0.25, 0.3) is 0 Å². The van der Waals surface area contributed by atoms with Crippen molar-refractivity contribution in [3.05, 3.63) is 54.6 Å². The van der Waals surface area contributed by atoms with Crippen molar-refractivity contribution in [1.29, 1.82) is 0 Å². The Morgan fingerprint density at radius 1 is 0.900 bits per heavy atom. The molecule has 1 N–H and O–H groups in total. The van der Waals surface area contributed by atoms with E-state index in [-0.39, 0.29) is 5.75 Å². The van der Waals surface area contributed by atoms with Crippen LogP contribution in [0.4, 0.5) is 0 Å². The van der Waals surface area contributed by atoms with Crippen LogP contribution in [-0.4, -0.2) is 36.9 Å². The topological polar surface area (TPSA) is 41.9 Å². The van der Waals surface area contributed by atoms with Crippen LogP contribution in [0.2, 0.25) is 0 Å². The first kappa shape index (κ1) is 14.2. The molecule has 0 radical (unpaired) electrons. The lowest BCUT2D eigenvalue weighted by atomic mass is 10.3. The molecule has 0 bridgehead atoms. The van der Waals surface area contributed by atoms with E-state index in [4.69, 9.17) is 9.47 Å². The smallest absolute Gasteiger partial charge is 0.253 e. The number of phenolic OH excluding ortho intramolecular Hbond substituents is 1. The summed E-state index contributed by atoms with van der Waals surface area (Å²) in [5, 5.41) is 9.28. The molecular weight excluding hydrogens is 254 g/mol. The average molecular weight is 273 g/mol. The minimum absolute atomic E-state index is 0.213. The van der Waals surface area contributed by atoms with E-state index < -0.39 is 6.29 Å². The number of benzene rings is 2. The van der Waals surface area contributed by atoms with Gasteiger partial charge in [-0.05, 0) is 50.5 Å². The quantitative estimate of drug-likeness (QED) is 0.822. The van der Waals surface area contributed by atoms with Crippen molar-refractivity contribution in [2.45, 2.75) is 6.29 Å². The van der Waals surface area contributed by atoms with Gasteiger partial charge in [-0.3, -0.25) is 0 Å². The Morgan fingerprint density at radius 2 is 1.45 bits per heavy atom. The van der Waals surface area contributed by atoms with Crippen molar-refractivity contribution in [2.24, 2.45) is 0 Å². The van der Waals surface area contributed by atoms with Gasteiger partial charge in [-0.2, -0.15) is 0 Å². The zero-order valence-electron chi connectivity index (χ0n) is 11.7. The monoisotopic (exact) mass is 273 g/mol. The Hall–Kier alpha value is -2.20. The Kier molecular flexibility index (Phi) is 4.85. The first-order valence-electron chi connectivity index (χ1n) is 6.45. The molecule has 106 valence electrons. The van der Waals surface area contributed by atoms with E-state index in [1.165, 1.54) is 0 Å². The molecule has 0 fully saturated rings. The molecule has 0 aliphatic carbocycles. The van der Waals surface area contributed by atoms with Gasteiger partial charge >= 0.3 is 0 Å². The third kappa shape index (κ3) is 4.48. The number of hydrogen-bond acceptors (Lipinski definition) is 4.